The lowest BCUT2D eigenvalue weighted by molar-refractivity contribution is -0.144. The van der Waals surface area contributed by atoms with Gasteiger partial charge in [0.05, 0.1) is 6.04 Å². The minimum atomic E-state index is -0.881. The van der Waals surface area contributed by atoms with E-state index in [1.54, 1.807) is 17.2 Å². The molecule has 9 heteroatoms. The molecule has 1 saturated heterocycles. The van der Waals surface area contributed by atoms with Gasteiger partial charge in [-0.05, 0) is 68.3 Å². The molecular formula is C32H39N5O4. The number of carbonyl (C=O) groups excluding carboxylic acids is 3. The van der Waals surface area contributed by atoms with Crippen LogP contribution in [0, 0.1) is 5.92 Å². The van der Waals surface area contributed by atoms with Crippen LogP contribution in [-0.4, -0.2) is 77.4 Å². The van der Waals surface area contributed by atoms with Crippen molar-refractivity contribution in [2.24, 2.45) is 5.92 Å². The van der Waals surface area contributed by atoms with E-state index >= 15 is 0 Å². The van der Waals surface area contributed by atoms with E-state index in [2.05, 4.69) is 15.6 Å². The molecule has 6 rings (SSSR count). The highest BCUT2D eigenvalue weighted by molar-refractivity contribution is 5.94. The summed E-state index contributed by atoms with van der Waals surface area (Å²) in [6, 6.07) is 13.4. The summed E-state index contributed by atoms with van der Waals surface area (Å²) in [5.41, 5.74) is 2.96. The summed E-state index contributed by atoms with van der Waals surface area (Å²) >= 11 is 0. The van der Waals surface area contributed by atoms with Crippen molar-refractivity contribution in [3.05, 3.63) is 72.1 Å². The first-order valence-corrected chi connectivity index (χ1v) is 14.3. The van der Waals surface area contributed by atoms with Gasteiger partial charge >= 0.3 is 0 Å². The number of aromatic amines is 1. The van der Waals surface area contributed by atoms with E-state index in [-0.39, 0.29) is 23.6 Å². The van der Waals surface area contributed by atoms with E-state index in [1.807, 2.05) is 87.6 Å². The Bertz CT molecular complexity index is 1430. The van der Waals surface area contributed by atoms with Gasteiger partial charge in [0.1, 0.15) is 23.9 Å². The number of nitrogens with one attached hydrogen (secondary N) is 3. The molecule has 9 nitrogen and oxygen atoms in total. The lowest BCUT2D eigenvalue weighted by Crippen LogP contribution is -2.58. The topological polar surface area (TPSA) is 107 Å². The maximum absolute atomic E-state index is 14.2. The quantitative estimate of drug-likeness (QED) is 0.431. The van der Waals surface area contributed by atoms with Crippen LogP contribution in [0.2, 0.25) is 0 Å². The molecule has 4 heterocycles. The molecule has 1 fully saturated rings. The number of rotatable bonds is 6. The minimum absolute atomic E-state index is 0.143. The molecule has 2 aromatic carbocycles. The van der Waals surface area contributed by atoms with E-state index in [4.69, 9.17) is 4.74 Å². The van der Waals surface area contributed by atoms with Gasteiger partial charge in [0.15, 0.2) is 0 Å². The van der Waals surface area contributed by atoms with Crippen LogP contribution in [0.4, 0.5) is 0 Å². The summed E-state index contributed by atoms with van der Waals surface area (Å²) < 4.78 is 6.34. The number of likely N-dealkylation sites (tertiary alicyclic amines) is 1. The summed E-state index contributed by atoms with van der Waals surface area (Å²) in [7, 11) is 3.76. The van der Waals surface area contributed by atoms with Gasteiger partial charge in [0.2, 0.25) is 17.7 Å². The summed E-state index contributed by atoms with van der Waals surface area (Å²) in [5, 5.41) is 6.84. The second-order valence-corrected chi connectivity index (χ2v) is 11.6. The third kappa shape index (κ3) is 6.30. The molecule has 216 valence electrons. The van der Waals surface area contributed by atoms with Crippen LogP contribution >= 0.6 is 0 Å². The van der Waals surface area contributed by atoms with Gasteiger partial charge in [-0.15, -0.1) is 0 Å². The lowest BCUT2D eigenvalue weighted by atomic mass is 10.0. The number of hydrogen-bond donors (Lipinski definition) is 3. The molecule has 3 amide bonds. The Balaban J connectivity index is 1.46. The van der Waals surface area contributed by atoms with Crippen molar-refractivity contribution in [3.8, 4) is 5.75 Å². The van der Waals surface area contributed by atoms with Crippen LogP contribution in [0.15, 0.2) is 60.9 Å². The molecule has 3 aliphatic rings. The number of carbonyl (C=O) groups is 3. The van der Waals surface area contributed by atoms with E-state index < -0.39 is 24.2 Å². The molecule has 4 atom stereocenters. The number of fused-ring (bicyclic) bond motifs is 8. The van der Waals surface area contributed by atoms with Crippen LogP contribution in [0.1, 0.15) is 37.8 Å². The third-order valence-electron chi connectivity index (χ3n) is 7.90. The Labute approximate surface area is 240 Å². The number of hydrogen-bond acceptors (Lipinski definition) is 5. The molecule has 3 aliphatic heterocycles. The SMILES string of the molecule is CC(C)C[C@H]1NC(=O)[C@@H]2[C@H](CCN2C(=O)[C@H](Cc2c[nH]c3ccccc23)N(C)C)Oc2ccc(cc2)/C=C\NC1=O. The predicted octanol–water partition coefficient (Wildman–Crippen LogP) is 3.32. The zero-order chi connectivity index (χ0) is 29.1. The Morgan fingerprint density at radius 1 is 1.07 bits per heavy atom. The number of amides is 3. The molecule has 0 radical (unpaired) electrons. The van der Waals surface area contributed by atoms with Crippen LogP contribution in [0.3, 0.4) is 0 Å². The highest BCUT2D eigenvalue weighted by atomic mass is 16.5. The number of ether oxygens (including phenoxy) is 1. The number of benzene rings is 2. The van der Waals surface area contributed by atoms with Crippen molar-refractivity contribution in [1.82, 2.24) is 25.4 Å². The fourth-order valence-corrected chi connectivity index (χ4v) is 5.75. The number of H-pyrrole nitrogens is 1. The Hall–Kier alpha value is -4.11. The zero-order valence-electron chi connectivity index (χ0n) is 24.1. The average molecular weight is 558 g/mol. The van der Waals surface area contributed by atoms with Crippen molar-refractivity contribution in [1.29, 1.82) is 0 Å². The molecule has 0 spiro atoms. The smallest absolute Gasteiger partial charge is 0.247 e. The fraction of sp³-hybridized carbons (Fsp3) is 0.406. The van der Waals surface area contributed by atoms with Crippen LogP contribution < -0.4 is 15.4 Å². The lowest BCUT2D eigenvalue weighted by Gasteiger charge is -2.33. The van der Waals surface area contributed by atoms with Crippen molar-refractivity contribution in [2.45, 2.75) is 57.3 Å². The van der Waals surface area contributed by atoms with Gasteiger partial charge in [-0.3, -0.25) is 19.3 Å². The van der Waals surface area contributed by atoms with E-state index in [0.717, 1.165) is 22.0 Å². The molecular weight excluding hydrogens is 518 g/mol. The number of aromatic nitrogens is 1. The number of likely N-dealkylation sites (N-methyl/N-ethyl adjacent to an activating group) is 1. The van der Waals surface area contributed by atoms with Gasteiger partial charge in [-0.25, -0.2) is 0 Å². The zero-order valence-corrected chi connectivity index (χ0v) is 24.1. The molecule has 41 heavy (non-hydrogen) atoms. The maximum Gasteiger partial charge on any atom is 0.247 e. The molecule has 3 N–H and O–H groups in total. The van der Waals surface area contributed by atoms with Crippen molar-refractivity contribution >= 4 is 34.7 Å². The Kier molecular flexibility index (Phi) is 8.44. The average Bonchev–Trinajstić information content (AvgIpc) is 3.55. The van der Waals surface area contributed by atoms with Gasteiger partial charge in [0, 0.05) is 36.3 Å². The second-order valence-electron chi connectivity index (χ2n) is 11.6. The van der Waals surface area contributed by atoms with E-state index in [0.29, 0.717) is 31.6 Å². The second kappa shape index (κ2) is 12.2. The summed E-state index contributed by atoms with van der Waals surface area (Å²) in [6.07, 6.45) is 6.23. The monoisotopic (exact) mass is 557 g/mol. The van der Waals surface area contributed by atoms with Crippen molar-refractivity contribution in [2.75, 3.05) is 20.6 Å². The largest absolute Gasteiger partial charge is 0.488 e. The fourth-order valence-electron chi connectivity index (χ4n) is 5.75. The molecule has 0 aliphatic carbocycles. The Morgan fingerprint density at radius 3 is 2.56 bits per heavy atom. The standard InChI is InChI=1S/C32H39N5O4/c1-20(2)17-26-30(38)33-15-13-21-9-11-23(12-10-21)41-28-14-16-37(29(28)31(39)35-26)32(40)27(36(3)4)18-22-19-34-25-8-6-5-7-24(22)25/h5-13,15,19-20,26-29,34H,14,16-18H2,1-4H3,(H,33,38)(H,35,39)/b15-13-/t26-,27+,28+,29+/m1/s1. The van der Waals surface area contributed by atoms with Crippen LogP contribution in [-0.2, 0) is 20.8 Å². The van der Waals surface area contributed by atoms with Gasteiger partial charge < -0.3 is 25.3 Å². The highest BCUT2D eigenvalue weighted by Crippen LogP contribution is 2.28. The van der Waals surface area contributed by atoms with Gasteiger partial charge in [0.25, 0.3) is 0 Å². The first-order chi connectivity index (χ1) is 19.7. The summed E-state index contributed by atoms with van der Waals surface area (Å²) in [4.78, 5) is 48.1. The summed E-state index contributed by atoms with van der Waals surface area (Å²) in [6.45, 7) is 4.39. The van der Waals surface area contributed by atoms with Crippen molar-refractivity contribution in [3.63, 3.8) is 0 Å². The molecule has 1 aromatic heterocycles. The first-order valence-electron chi connectivity index (χ1n) is 14.3. The van der Waals surface area contributed by atoms with Gasteiger partial charge in [-0.2, -0.15) is 0 Å². The Morgan fingerprint density at radius 2 is 1.83 bits per heavy atom. The third-order valence-corrected chi connectivity index (χ3v) is 7.90. The number of nitrogens with zero attached hydrogens (tertiary/aromatic N) is 2. The van der Waals surface area contributed by atoms with E-state index in [1.165, 1.54) is 0 Å². The first kappa shape index (κ1) is 28.4. The van der Waals surface area contributed by atoms with Crippen LogP contribution in [0.25, 0.3) is 17.0 Å². The van der Waals surface area contributed by atoms with Gasteiger partial charge in [-0.1, -0.05) is 44.2 Å². The molecule has 2 bridgehead atoms. The van der Waals surface area contributed by atoms with Crippen molar-refractivity contribution < 1.29 is 19.1 Å². The number of para-hydroxylation sites is 1. The minimum Gasteiger partial charge on any atom is -0.488 e. The normalized spacial score (nSPS) is 22.7. The van der Waals surface area contributed by atoms with E-state index in [9.17, 15) is 14.4 Å². The molecule has 3 aromatic rings. The maximum atomic E-state index is 14.2. The molecule has 0 unspecified atom stereocenters. The summed E-state index contributed by atoms with van der Waals surface area (Å²) in [5.74, 6) is -0.0269. The molecule has 0 saturated carbocycles. The van der Waals surface area contributed by atoms with Crippen LogP contribution in [0.5, 0.6) is 5.75 Å². The highest BCUT2D eigenvalue weighted by Gasteiger charge is 2.46. The predicted molar refractivity (Wildman–Crippen MR) is 159 cm³/mol.